The molecule has 3 amide bonds. The highest BCUT2D eigenvalue weighted by Gasteiger charge is 2.13. The topological polar surface area (TPSA) is 115 Å². The SMILES string of the molecule is COc1ccc(NC(=O)CSCC(=O)NNC(=O)c2ccc(OC(C)C)c(OC)c2)cc1. The molecule has 0 aliphatic heterocycles. The molecule has 0 radical (unpaired) electrons. The number of nitrogens with one attached hydrogen (secondary N) is 3. The molecule has 3 N–H and O–H groups in total. The predicted octanol–water partition coefficient (Wildman–Crippen LogP) is 2.62. The van der Waals surface area contributed by atoms with Gasteiger partial charge in [0, 0.05) is 11.3 Å². The highest BCUT2D eigenvalue weighted by Crippen LogP contribution is 2.28. The van der Waals surface area contributed by atoms with Crippen LogP contribution in [-0.4, -0.2) is 49.6 Å². The zero-order chi connectivity index (χ0) is 23.5. The molecule has 0 atom stereocenters. The summed E-state index contributed by atoms with van der Waals surface area (Å²) in [7, 11) is 3.04. The molecule has 0 unspecified atom stereocenters. The van der Waals surface area contributed by atoms with Gasteiger partial charge in [-0.2, -0.15) is 0 Å². The van der Waals surface area contributed by atoms with Gasteiger partial charge in [0.25, 0.3) is 5.91 Å². The van der Waals surface area contributed by atoms with Crippen molar-refractivity contribution in [2.45, 2.75) is 20.0 Å². The molecule has 0 saturated carbocycles. The molecule has 2 aromatic carbocycles. The Hall–Kier alpha value is -3.40. The quantitative estimate of drug-likeness (QED) is 0.466. The second-order valence-electron chi connectivity index (χ2n) is 6.80. The van der Waals surface area contributed by atoms with Crippen molar-refractivity contribution in [3.63, 3.8) is 0 Å². The largest absolute Gasteiger partial charge is 0.497 e. The fourth-order valence-electron chi connectivity index (χ4n) is 2.50. The number of hydrogen-bond donors (Lipinski definition) is 3. The Morgan fingerprint density at radius 3 is 2.19 bits per heavy atom. The van der Waals surface area contributed by atoms with E-state index in [2.05, 4.69) is 16.2 Å². The lowest BCUT2D eigenvalue weighted by Gasteiger charge is -2.14. The third-order valence-electron chi connectivity index (χ3n) is 3.94. The molecule has 0 heterocycles. The number of carbonyl (C=O) groups excluding carboxylic acids is 3. The first-order valence-electron chi connectivity index (χ1n) is 9.78. The molecule has 10 heteroatoms. The van der Waals surface area contributed by atoms with Crippen LogP contribution in [0, 0.1) is 0 Å². The van der Waals surface area contributed by atoms with E-state index in [0.29, 0.717) is 28.5 Å². The minimum Gasteiger partial charge on any atom is -0.497 e. The number of methoxy groups -OCH3 is 2. The summed E-state index contributed by atoms with van der Waals surface area (Å²) in [5.74, 6) is 0.524. The molecule has 0 saturated heterocycles. The molecular weight excluding hydrogens is 434 g/mol. The van der Waals surface area contributed by atoms with Crippen LogP contribution in [0.3, 0.4) is 0 Å². The van der Waals surface area contributed by atoms with Crippen LogP contribution >= 0.6 is 11.8 Å². The van der Waals surface area contributed by atoms with E-state index in [1.165, 1.54) is 13.2 Å². The minimum absolute atomic E-state index is 0.000794. The van der Waals surface area contributed by atoms with E-state index >= 15 is 0 Å². The van der Waals surface area contributed by atoms with Gasteiger partial charge in [-0.3, -0.25) is 25.2 Å². The number of hydrazine groups is 1. The average molecular weight is 462 g/mol. The Kier molecular flexibility index (Phi) is 9.68. The zero-order valence-electron chi connectivity index (χ0n) is 18.4. The molecule has 0 aliphatic carbocycles. The molecule has 9 nitrogen and oxygen atoms in total. The molecule has 172 valence electrons. The maximum atomic E-state index is 12.3. The average Bonchev–Trinajstić information content (AvgIpc) is 2.77. The van der Waals surface area contributed by atoms with Crippen LogP contribution in [0.4, 0.5) is 5.69 Å². The number of carbonyl (C=O) groups is 3. The van der Waals surface area contributed by atoms with Crippen molar-refractivity contribution in [3.05, 3.63) is 48.0 Å². The van der Waals surface area contributed by atoms with E-state index in [-0.39, 0.29) is 23.5 Å². The van der Waals surface area contributed by atoms with Gasteiger partial charge in [0.2, 0.25) is 11.8 Å². The van der Waals surface area contributed by atoms with Crippen molar-refractivity contribution < 1.29 is 28.6 Å². The second kappa shape index (κ2) is 12.5. The van der Waals surface area contributed by atoms with Gasteiger partial charge in [-0.25, -0.2) is 0 Å². The van der Waals surface area contributed by atoms with Crippen molar-refractivity contribution in [2.75, 3.05) is 31.0 Å². The van der Waals surface area contributed by atoms with E-state index in [9.17, 15) is 14.4 Å². The highest BCUT2D eigenvalue weighted by atomic mass is 32.2. The van der Waals surface area contributed by atoms with Gasteiger partial charge in [-0.05, 0) is 56.3 Å². The van der Waals surface area contributed by atoms with Gasteiger partial charge in [0.1, 0.15) is 5.75 Å². The Morgan fingerprint density at radius 2 is 1.56 bits per heavy atom. The van der Waals surface area contributed by atoms with E-state index < -0.39 is 11.8 Å². The van der Waals surface area contributed by atoms with Gasteiger partial charge in [-0.15, -0.1) is 11.8 Å². The van der Waals surface area contributed by atoms with Crippen LogP contribution < -0.4 is 30.4 Å². The monoisotopic (exact) mass is 461 g/mol. The number of benzene rings is 2. The summed E-state index contributed by atoms with van der Waals surface area (Å²) in [5.41, 5.74) is 5.59. The Balaban J connectivity index is 1.74. The maximum absolute atomic E-state index is 12.3. The van der Waals surface area contributed by atoms with Crippen LogP contribution in [0.5, 0.6) is 17.2 Å². The first-order chi connectivity index (χ1) is 15.3. The number of hydrogen-bond acceptors (Lipinski definition) is 7. The fourth-order valence-corrected chi connectivity index (χ4v) is 3.12. The molecule has 0 bridgehead atoms. The smallest absolute Gasteiger partial charge is 0.269 e. The van der Waals surface area contributed by atoms with Crippen LogP contribution in [0.2, 0.25) is 0 Å². The number of thioether (sulfide) groups is 1. The molecule has 32 heavy (non-hydrogen) atoms. The van der Waals surface area contributed by atoms with Gasteiger partial charge in [0.05, 0.1) is 31.8 Å². The lowest BCUT2D eigenvalue weighted by molar-refractivity contribution is -0.119. The number of rotatable bonds is 10. The molecule has 0 aliphatic rings. The maximum Gasteiger partial charge on any atom is 0.269 e. The summed E-state index contributed by atoms with van der Waals surface area (Å²) in [6.45, 7) is 3.77. The number of amides is 3. The lowest BCUT2D eigenvalue weighted by Crippen LogP contribution is -2.42. The Bertz CT molecular complexity index is 934. The summed E-state index contributed by atoms with van der Waals surface area (Å²) in [6.07, 6.45) is -0.0429. The second-order valence-corrected chi connectivity index (χ2v) is 7.79. The summed E-state index contributed by atoms with van der Waals surface area (Å²) in [6, 6.07) is 11.6. The molecule has 0 spiro atoms. The van der Waals surface area contributed by atoms with Crippen LogP contribution in [0.25, 0.3) is 0 Å². The van der Waals surface area contributed by atoms with Gasteiger partial charge in [0.15, 0.2) is 11.5 Å². The molecule has 2 rings (SSSR count). The van der Waals surface area contributed by atoms with E-state index in [0.717, 1.165) is 11.8 Å². The van der Waals surface area contributed by atoms with E-state index in [1.54, 1.807) is 43.5 Å². The Labute approximate surface area is 191 Å². The number of anilines is 1. The van der Waals surface area contributed by atoms with Gasteiger partial charge < -0.3 is 19.5 Å². The molecule has 0 fully saturated rings. The van der Waals surface area contributed by atoms with Crippen LogP contribution in [0.15, 0.2) is 42.5 Å². The Morgan fingerprint density at radius 1 is 0.875 bits per heavy atom. The fraction of sp³-hybridized carbons (Fsp3) is 0.318. The highest BCUT2D eigenvalue weighted by molar-refractivity contribution is 8.00. The normalized spacial score (nSPS) is 10.3. The van der Waals surface area contributed by atoms with Crippen molar-refractivity contribution in [1.29, 1.82) is 0 Å². The molecule has 2 aromatic rings. The first-order valence-corrected chi connectivity index (χ1v) is 10.9. The van der Waals surface area contributed by atoms with Crippen molar-refractivity contribution in [2.24, 2.45) is 0 Å². The summed E-state index contributed by atoms with van der Waals surface area (Å²) in [4.78, 5) is 36.2. The summed E-state index contributed by atoms with van der Waals surface area (Å²) >= 11 is 1.12. The summed E-state index contributed by atoms with van der Waals surface area (Å²) in [5, 5.41) is 2.73. The van der Waals surface area contributed by atoms with Crippen molar-refractivity contribution in [1.82, 2.24) is 10.9 Å². The molecular formula is C22H27N3O6S. The minimum atomic E-state index is -0.505. The molecule has 0 aromatic heterocycles. The van der Waals surface area contributed by atoms with Crippen LogP contribution in [-0.2, 0) is 9.59 Å². The summed E-state index contributed by atoms with van der Waals surface area (Å²) < 4.78 is 15.9. The zero-order valence-corrected chi connectivity index (χ0v) is 19.2. The van der Waals surface area contributed by atoms with Crippen LogP contribution in [0.1, 0.15) is 24.2 Å². The predicted molar refractivity (Wildman–Crippen MR) is 123 cm³/mol. The third-order valence-corrected chi connectivity index (χ3v) is 4.88. The first kappa shape index (κ1) is 24.9. The van der Waals surface area contributed by atoms with Crippen molar-refractivity contribution >= 4 is 35.2 Å². The lowest BCUT2D eigenvalue weighted by atomic mass is 10.2. The third kappa shape index (κ3) is 8.03. The van der Waals surface area contributed by atoms with E-state index in [4.69, 9.17) is 14.2 Å². The standard InChI is InChI=1S/C22H27N3O6S/c1-14(2)31-18-10-5-15(11-19(18)30-4)22(28)25-24-21(27)13-32-12-20(26)23-16-6-8-17(29-3)9-7-16/h5-11,14H,12-13H2,1-4H3,(H,23,26)(H,24,27)(H,25,28). The number of ether oxygens (including phenoxy) is 3. The van der Waals surface area contributed by atoms with Crippen molar-refractivity contribution in [3.8, 4) is 17.2 Å². The van der Waals surface area contributed by atoms with E-state index in [1.807, 2.05) is 13.8 Å². The van der Waals surface area contributed by atoms with Gasteiger partial charge >= 0.3 is 0 Å². The van der Waals surface area contributed by atoms with Gasteiger partial charge in [-0.1, -0.05) is 0 Å².